The van der Waals surface area contributed by atoms with E-state index >= 15 is 0 Å². The van der Waals surface area contributed by atoms with Crippen molar-refractivity contribution in [1.82, 2.24) is 0 Å². The van der Waals surface area contributed by atoms with Gasteiger partial charge in [-0.05, 0) is 0 Å². The second-order valence-electron chi connectivity index (χ2n) is 15.0. The van der Waals surface area contributed by atoms with Crippen molar-refractivity contribution in [3.63, 3.8) is 0 Å². The number of para-hydroxylation sites is 1. The first-order valence-electron chi connectivity index (χ1n) is 20.6. The quantitative estimate of drug-likeness (QED) is 0.0653. The number of hydrogen-bond acceptors (Lipinski definition) is 1. The first-order valence-corrected chi connectivity index (χ1v) is 28.5. The fraction of sp³-hybridized carbons (Fsp3) is 0.857. The molecule has 2 heteroatoms. The molecule has 0 aromatic heterocycles. The summed E-state index contributed by atoms with van der Waals surface area (Å²) in [5.41, 5.74) is 0. The van der Waals surface area contributed by atoms with E-state index in [2.05, 4.69) is 58.0 Å². The van der Waals surface area contributed by atoms with Crippen molar-refractivity contribution in [2.45, 2.75) is 224 Å². The molecule has 0 saturated heterocycles. The summed E-state index contributed by atoms with van der Waals surface area (Å²) in [5, 5.41) is 0. The molecule has 0 fully saturated rings. The Balaban J connectivity index is 3.15. The standard InChI is InChI=1S/4C9H19.C6H6O.Zr/c4*1-3-5-7-9-8-6-4-2;7-6-4-2-1-3-5-6;/h4*1,3-9H2,2H3;1-5,7H;/q;;;;;+1/p-1. The molecule has 0 spiro atoms. The van der Waals surface area contributed by atoms with Crippen molar-refractivity contribution in [3.8, 4) is 5.75 Å². The van der Waals surface area contributed by atoms with Crippen molar-refractivity contribution in [3.05, 3.63) is 30.3 Å². The second kappa shape index (κ2) is 29.1. The van der Waals surface area contributed by atoms with Gasteiger partial charge in [0.25, 0.3) is 0 Å². The van der Waals surface area contributed by atoms with Crippen LogP contribution in [-0.4, -0.2) is 0 Å². The Morgan fingerprint density at radius 3 is 0.864 bits per heavy atom. The second-order valence-corrected chi connectivity index (χ2v) is 30.6. The number of unbranched alkanes of at least 4 members (excludes halogenated alkanes) is 24. The summed E-state index contributed by atoms with van der Waals surface area (Å²) in [5.74, 6) is 1.22. The molecule has 0 aliphatic heterocycles. The third kappa shape index (κ3) is 20.9. The van der Waals surface area contributed by atoms with Crippen molar-refractivity contribution in [2.24, 2.45) is 0 Å². The van der Waals surface area contributed by atoms with Gasteiger partial charge in [0.1, 0.15) is 0 Å². The molecule has 0 bridgehead atoms. The summed E-state index contributed by atoms with van der Waals surface area (Å²) in [7, 11) is 0. The summed E-state index contributed by atoms with van der Waals surface area (Å²) < 4.78 is 13.6. The van der Waals surface area contributed by atoms with Crippen LogP contribution in [-0.2, 0) is 19.2 Å². The normalized spacial score (nSPS) is 12.8. The van der Waals surface area contributed by atoms with E-state index < -0.39 is 19.2 Å². The van der Waals surface area contributed by atoms with Gasteiger partial charge in [0.2, 0.25) is 0 Å². The molecule has 0 N–H and O–H groups in total. The Kier molecular flexibility index (Phi) is 27.7. The van der Waals surface area contributed by atoms with E-state index in [0.29, 0.717) is 0 Å². The van der Waals surface area contributed by atoms with Gasteiger partial charge in [-0.1, -0.05) is 0 Å². The van der Waals surface area contributed by atoms with Gasteiger partial charge in [0.05, 0.1) is 0 Å². The molecular weight excluding hydrogens is 612 g/mol. The molecule has 0 aliphatic rings. The molecule has 1 aromatic rings. The SMILES string of the molecule is CCCCCCCC[CH2][Zr]([CH2]CCCCCCCC)([CH2]CCCCCCCC)([CH2]CCCCCCCC)[O]c1ccccc1. The zero-order chi connectivity index (χ0) is 31.9. The molecule has 44 heavy (non-hydrogen) atoms. The number of rotatable bonds is 34. The van der Waals surface area contributed by atoms with Crippen LogP contribution in [0.3, 0.4) is 0 Å². The molecule has 0 heterocycles. The molecule has 0 amide bonds. The first-order chi connectivity index (χ1) is 21.6. The van der Waals surface area contributed by atoms with Crippen LogP contribution in [0.4, 0.5) is 0 Å². The maximum atomic E-state index is 7.78. The van der Waals surface area contributed by atoms with Crippen LogP contribution in [0.25, 0.3) is 0 Å². The molecule has 0 radical (unpaired) electrons. The van der Waals surface area contributed by atoms with E-state index in [0.717, 1.165) is 0 Å². The Bertz CT molecular complexity index is 632. The number of benzene rings is 1. The molecule has 0 atom stereocenters. The topological polar surface area (TPSA) is 9.23 Å². The molecule has 0 saturated carbocycles. The van der Waals surface area contributed by atoms with Gasteiger partial charge in [-0.2, -0.15) is 0 Å². The van der Waals surface area contributed by atoms with Gasteiger partial charge in [-0.15, -0.1) is 0 Å². The van der Waals surface area contributed by atoms with Crippen LogP contribution in [0.15, 0.2) is 30.3 Å². The fourth-order valence-corrected chi connectivity index (χ4v) is 25.8. The average molecular weight is 693 g/mol. The van der Waals surface area contributed by atoms with Crippen LogP contribution in [0.5, 0.6) is 5.75 Å². The molecule has 0 aliphatic carbocycles. The number of hydrogen-bond donors (Lipinski definition) is 0. The van der Waals surface area contributed by atoms with Crippen LogP contribution in [0, 0.1) is 0 Å². The Morgan fingerprint density at radius 2 is 0.591 bits per heavy atom. The summed E-state index contributed by atoms with van der Waals surface area (Å²) in [6.07, 6.45) is 39.7. The zero-order valence-electron chi connectivity index (χ0n) is 30.9. The summed E-state index contributed by atoms with van der Waals surface area (Å²) in [6, 6.07) is 11.2. The van der Waals surface area contributed by atoms with Gasteiger partial charge >= 0.3 is 282 Å². The minimum atomic E-state index is -3.60. The Morgan fingerprint density at radius 1 is 0.341 bits per heavy atom. The predicted molar refractivity (Wildman–Crippen MR) is 198 cm³/mol. The Hall–Kier alpha value is -0.0969. The van der Waals surface area contributed by atoms with Crippen molar-refractivity contribution in [1.29, 1.82) is 0 Å². The van der Waals surface area contributed by atoms with E-state index in [-0.39, 0.29) is 0 Å². The van der Waals surface area contributed by atoms with Gasteiger partial charge in [-0.25, -0.2) is 0 Å². The van der Waals surface area contributed by atoms with Gasteiger partial charge in [-0.3, -0.25) is 0 Å². The van der Waals surface area contributed by atoms with Gasteiger partial charge in [0.15, 0.2) is 0 Å². The van der Waals surface area contributed by atoms with Crippen LogP contribution >= 0.6 is 0 Å². The molecular formula is C42H81OZr. The molecule has 1 nitrogen and oxygen atoms in total. The van der Waals surface area contributed by atoms with Crippen molar-refractivity contribution >= 4 is 0 Å². The maximum absolute atomic E-state index is 7.78. The van der Waals surface area contributed by atoms with Crippen molar-refractivity contribution in [2.75, 3.05) is 0 Å². The minimum absolute atomic E-state index is 1.22. The monoisotopic (exact) mass is 692 g/mol. The summed E-state index contributed by atoms with van der Waals surface area (Å²) in [4.78, 5) is 0. The fourth-order valence-electron chi connectivity index (χ4n) is 7.89. The van der Waals surface area contributed by atoms with E-state index in [1.807, 2.05) is 0 Å². The van der Waals surface area contributed by atoms with Crippen LogP contribution < -0.4 is 2.81 Å². The summed E-state index contributed by atoms with van der Waals surface area (Å²) >= 11 is -3.60. The van der Waals surface area contributed by atoms with Gasteiger partial charge < -0.3 is 0 Å². The summed E-state index contributed by atoms with van der Waals surface area (Å²) in [6.45, 7) is 9.35. The van der Waals surface area contributed by atoms with E-state index in [1.54, 1.807) is 0 Å². The third-order valence-electron chi connectivity index (χ3n) is 10.8. The van der Waals surface area contributed by atoms with Crippen LogP contribution in [0.2, 0.25) is 16.5 Å². The molecule has 1 rings (SSSR count). The molecule has 1 aromatic carbocycles. The average Bonchev–Trinajstić information content (AvgIpc) is 3.04. The third-order valence-corrected chi connectivity index (χ3v) is 28.7. The van der Waals surface area contributed by atoms with E-state index in [9.17, 15) is 0 Å². The molecule has 0 unspecified atom stereocenters. The zero-order valence-corrected chi connectivity index (χ0v) is 33.4. The van der Waals surface area contributed by atoms with Crippen molar-refractivity contribution < 1.29 is 22.0 Å². The van der Waals surface area contributed by atoms with E-state index in [4.69, 9.17) is 2.81 Å². The van der Waals surface area contributed by atoms with E-state index in [1.165, 1.54) is 202 Å². The van der Waals surface area contributed by atoms with Crippen LogP contribution in [0.1, 0.15) is 207 Å². The predicted octanol–water partition coefficient (Wildman–Crippen LogP) is 16.3. The molecule has 259 valence electrons. The first kappa shape index (κ1) is 41.9. The van der Waals surface area contributed by atoms with Gasteiger partial charge in [0, 0.05) is 0 Å². The Labute approximate surface area is 280 Å².